The number of hydrogen-bond donors (Lipinski definition) is 1. The van der Waals surface area contributed by atoms with Crippen LogP contribution in [0.5, 0.6) is 0 Å². The lowest BCUT2D eigenvalue weighted by atomic mass is 9.94. The van der Waals surface area contributed by atoms with E-state index in [-0.39, 0.29) is 18.0 Å². The summed E-state index contributed by atoms with van der Waals surface area (Å²) in [5.74, 6) is -0.300. The van der Waals surface area contributed by atoms with Crippen molar-refractivity contribution in [2.75, 3.05) is 13.6 Å². The minimum absolute atomic E-state index is 0.118. The summed E-state index contributed by atoms with van der Waals surface area (Å²) in [5.41, 5.74) is 0. The Morgan fingerprint density at radius 1 is 1.40 bits per heavy atom. The van der Waals surface area contributed by atoms with Gasteiger partial charge in [0, 0.05) is 19.6 Å². The van der Waals surface area contributed by atoms with E-state index in [4.69, 9.17) is 0 Å². The number of carboxylic acids is 1. The SMILES string of the molecule is CCCC(C)N(C)C(=O)N1CC2CCCC2C1C(=O)O. The van der Waals surface area contributed by atoms with Crippen molar-refractivity contribution >= 4 is 12.0 Å². The molecule has 0 aromatic heterocycles. The fourth-order valence-electron chi connectivity index (χ4n) is 3.82. The van der Waals surface area contributed by atoms with Gasteiger partial charge in [-0.05, 0) is 38.0 Å². The normalized spacial score (nSPS) is 30.1. The Bertz CT molecular complexity index is 385. The molecular weight excluding hydrogens is 256 g/mol. The van der Waals surface area contributed by atoms with E-state index >= 15 is 0 Å². The highest BCUT2D eigenvalue weighted by Crippen LogP contribution is 2.42. The summed E-state index contributed by atoms with van der Waals surface area (Å²) in [4.78, 5) is 27.5. The molecule has 5 heteroatoms. The summed E-state index contributed by atoms with van der Waals surface area (Å²) in [6.07, 6.45) is 5.07. The van der Waals surface area contributed by atoms with Gasteiger partial charge in [-0.25, -0.2) is 9.59 Å². The van der Waals surface area contributed by atoms with Crippen molar-refractivity contribution in [1.82, 2.24) is 9.80 Å². The molecule has 20 heavy (non-hydrogen) atoms. The van der Waals surface area contributed by atoms with Gasteiger partial charge in [0.25, 0.3) is 0 Å². The van der Waals surface area contributed by atoms with Crippen LogP contribution in [0, 0.1) is 11.8 Å². The van der Waals surface area contributed by atoms with E-state index in [1.807, 2.05) is 6.92 Å². The first-order valence-corrected chi connectivity index (χ1v) is 7.73. The Balaban J connectivity index is 2.10. The number of likely N-dealkylation sites (tertiary alicyclic amines) is 1. The lowest BCUT2D eigenvalue weighted by Gasteiger charge is -2.32. The molecule has 2 aliphatic rings. The van der Waals surface area contributed by atoms with Crippen LogP contribution in [-0.2, 0) is 4.79 Å². The standard InChI is InChI=1S/C15H26N2O3/c1-4-6-10(2)16(3)15(20)17-9-11-7-5-8-12(11)13(17)14(18)19/h10-13H,4-9H2,1-3H3,(H,18,19). The number of carbonyl (C=O) groups is 2. The molecule has 0 aromatic carbocycles. The lowest BCUT2D eigenvalue weighted by Crippen LogP contribution is -2.50. The maximum Gasteiger partial charge on any atom is 0.326 e. The minimum Gasteiger partial charge on any atom is -0.480 e. The van der Waals surface area contributed by atoms with E-state index in [1.54, 1.807) is 16.8 Å². The highest BCUT2D eigenvalue weighted by molar-refractivity contribution is 5.84. The van der Waals surface area contributed by atoms with Crippen LogP contribution in [0.25, 0.3) is 0 Å². The van der Waals surface area contributed by atoms with E-state index in [0.29, 0.717) is 12.5 Å². The van der Waals surface area contributed by atoms with Crippen LogP contribution in [0.4, 0.5) is 4.79 Å². The molecule has 0 bridgehead atoms. The Morgan fingerprint density at radius 3 is 2.70 bits per heavy atom. The van der Waals surface area contributed by atoms with Gasteiger partial charge in [0.15, 0.2) is 0 Å². The highest BCUT2D eigenvalue weighted by atomic mass is 16.4. The molecule has 2 amide bonds. The van der Waals surface area contributed by atoms with Gasteiger partial charge in [0.1, 0.15) is 6.04 Å². The molecule has 2 fully saturated rings. The fraction of sp³-hybridized carbons (Fsp3) is 0.867. The van der Waals surface area contributed by atoms with E-state index < -0.39 is 12.0 Å². The Morgan fingerprint density at radius 2 is 2.10 bits per heavy atom. The third-order valence-corrected chi connectivity index (χ3v) is 5.06. The summed E-state index contributed by atoms with van der Waals surface area (Å²) in [6, 6.07) is -0.582. The van der Waals surface area contributed by atoms with Crippen LogP contribution < -0.4 is 0 Å². The molecule has 1 aliphatic heterocycles. The van der Waals surface area contributed by atoms with Crippen LogP contribution in [0.3, 0.4) is 0 Å². The molecular formula is C15H26N2O3. The highest BCUT2D eigenvalue weighted by Gasteiger charge is 2.50. The number of carbonyl (C=O) groups excluding carboxylic acids is 1. The molecule has 114 valence electrons. The third-order valence-electron chi connectivity index (χ3n) is 5.06. The second-order valence-electron chi connectivity index (χ2n) is 6.32. The van der Waals surface area contributed by atoms with Crippen molar-refractivity contribution in [3.05, 3.63) is 0 Å². The predicted molar refractivity (Wildman–Crippen MR) is 76.5 cm³/mol. The van der Waals surface area contributed by atoms with Crippen molar-refractivity contribution < 1.29 is 14.7 Å². The summed E-state index contributed by atoms with van der Waals surface area (Å²) in [5, 5.41) is 9.49. The number of fused-ring (bicyclic) bond motifs is 1. The first kappa shape index (κ1) is 15.1. The molecule has 0 aromatic rings. The Hall–Kier alpha value is -1.26. The Labute approximate surface area is 120 Å². The van der Waals surface area contributed by atoms with E-state index in [9.17, 15) is 14.7 Å². The molecule has 4 atom stereocenters. The topological polar surface area (TPSA) is 60.9 Å². The first-order valence-electron chi connectivity index (χ1n) is 7.73. The largest absolute Gasteiger partial charge is 0.480 e. The fourth-order valence-corrected chi connectivity index (χ4v) is 3.82. The molecule has 1 N–H and O–H groups in total. The van der Waals surface area contributed by atoms with Crippen LogP contribution >= 0.6 is 0 Å². The zero-order valence-corrected chi connectivity index (χ0v) is 12.7. The van der Waals surface area contributed by atoms with Crippen molar-refractivity contribution in [1.29, 1.82) is 0 Å². The van der Waals surface area contributed by atoms with Crippen LogP contribution in [0.2, 0.25) is 0 Å². The maximum absolute atomic E-state index is 12.6. The average molecular weight is 282 g/mol. The zero-order valence-electron chi connectivity index (χ0n) is 12.7. The minimum atomic E-state index is -0.843. The molecule has 1 saturated heterocycles. The molecule has 4 unspecified atom stereocenters. The lowest BCUT2D eigenvalue weighted by molar-refractivity contribution is -0.142. The molecule has 0 radical (unpaired) electrons. The van der Waals surface area contributed by atoms with Crippen LogP contribution in [0.15, 0.2) is 0 Å². The molecule has 1 saturated carbocycles. The van der Waals surface area contributed by atoms with Gasteiger partial charge >= 0.3 is 12.0 Å². The zero-order chi connectivity index (χ0) is 14.9. The quantitative estimate of drug-likeness (QED) is 0.861. The molecule has 1 aliphatic carbocycles. The summed E-state index contributed by atoms with van der Waals surface area (Å²) in [7, 11) is 1.79. The summed E-state index contributed by atoms with van der Waals surface area (Å²) < 4.78 is 0. The van der Waals surface area contributed by atoms with E-state index in [2.05, 4.69) is 6.92 Å². The molecule has 0 spiro atoms. The van der Waals surface area contributed by atoms with Gasteiger partial charge in [-0.1, -0.05) is 19.8 Å². The maximum atomic E-state index is 12.6. The van der Waals surface area contributed by atoms with Gasteiger partial charge in [-0.3, -0.25) is 0 Å². The first-order chi connectivity index (χ1) is 9.47. The van der Waals surface area contributed by atoms with Crippen molar-refractivity contribution in [3.8, 4) is 0 Å². The number of nitrogens with zero attached hydrogens (tertiary/aromatic N) is 2. The number of rotatable bonds is 4. The van der Waals surface area contributed by atoms with Gasteiger partial charge in [0.05, 0.1) is 0 Å². The van der Waals surface area contributed by atoms with E-state index in [1.165, 1.54) is 0 Å². The summed E-state index contributed by atoms with van der Waals surface area (Å²) in [6.45, 7) is 4.73. The summed E-state index contributed by atoms with van der Waals surface area (Å²) >= 11 is 0. The second kappa shape index (κ2) is 6.02. The van der Waals surface area contributed by atoms with Gasteiger partial charge in [0.2, 0.25) is 0 Å². The van der Waals surface area contributed by atoms with Gasteiger partial charge in [-0.15, -0.1) is 0 Å². The monoisotopic (exact) mass is 282 g/mol. The predicted octanol–water partition coefficient (Wildman–Crippen LogP) is 2.41. The van der Waals surface area contributed by atoms with Crippen molar-refractivity contribution in [2.24, 2.45) is 11.8 Å². The van der Waals surface area contributed by atoms with Gasteiger partial charge in [-0.2, -0.15) is 0 Å². The molecule has 1 heterocycles. The van der Waals surface area contributed by atoms with Gasteiger partial charge < -0.3 is 14.9 Å². The number of carboxylic acid groups (broad SMARTS) is 1. The average Bonchev–Trinajstić information content (AvgIpc) is 2.96. The Kier molecular flexibility index (Phi) is 4.55. The number of aliphatic carboxylic acids is 1. The third kappa shape index (κ3) is 2.63. The second-order valence-corrected chi connectivity index (χ2v) is 6.32. The van der Waals surface area contributed by atoms with Crippen LogP contribution in [0.1, 0.15) is 46.0 Å². The van der Waals surface area contributed by atoms with Crippen molar-refractivity contribution in [2.45, 2.75) is 58.0 Å². The van der Waals surface area contributed by atoms with E-state index in [0.717, 1.165) is 32.1 Å². The number of urea groups is 1. The molecule has 2 rings (SSSR count). The van der Waals surface area contributed by atoms with Crippen molar-refractivity contribution in [3.63, 3.8) is 0 Å². The number of amides is 2. The molecule has 5 nitrogen and oxygen atoms in total. The number of hydrogen-bond acceptors (Lipinski definition) is 2. The van der Waals surface area contributed by atoms with Crippen LogP contribution in [-0.4, -0.2) is 52.6 Å². The smallest absolute Gasteiger partial charge is 0.326 e.